The SMILES string of the molecule is C=C(N[C@@H]1CCc2c(-c3cnc(C4=CC=C(OC(C)C)CC(C#N)=C4)s3)cccc21)C(C)CO.CC.CCC.CCC. The van der Waals surface area contributed by atoms with Crippen LogP contribution in [0.25, 0.3) is 16.0 Å². The Bertz CT molecular complexity index is 1240. The van der Waals surface area contributed by atoms with Crippen molar-refractivity contribution < 1.29 is 9.84 Å². The van der Waals surface area contributed by atoms with E-state index in [9.17, 15) is 10.4 Å². The van der Waals surface area contributed by atoms with E-state index in [0.717, 1.165) is 39.8 Å². The monoisotopic (exact) mass is 591 g/mol. The van der Waals surface area contributed by atoms with Crippen LogP contribution >= 0.6 is 11.3 Å². The predicted octanol–water partition coefficient (Wildman–Crippen LogP) is 9.93. The number of hydrogen-bond donors (Lipinski definition) is 2. The molecule has 4 rings (SSSR count). The summed E-state index contributed by atoms with van der Waals surface area (Å²) < 4.78 is 5.85. The van der Waals surface area contributed by atoms with Gasteiger partial charge in [-0.2, -0.15) is 5.26 Å². The van der Waals surface area contributed by atoms with Crippen LogP contribution in [0.4, 0.5) is 0 Å². The van der Waals surface area contributed by atoms with Crippen LogP contribution in [0, 0.1) is 17.2 Å². The van der Waals surface area contributed by atoms with E-state index in [-0.39, 0.29) is 24.7 Å². The zero-order chi connectivity index (χ0) is 31.7. The van der Waals surface area contributed by atoms with Crippen molar-refractivity contribution in [3.8, 4) is 16.5 Å². The molecule has 6 heteroatoms. The normalized spacial score (nSPS) is 15.8. The molecule has 42 heavy (non-hydrogen) atoms. The van der Waals surface area contributed by atoms with Crippen molar-refractivity contribution in [2.75, 3.05) is 6.61 Å². The number of nitrogens with zero attached hydrogens (tertiary/aromatic N) is 2. The molecule has 0 saturated carbocycles. The van der Waals surface area contributed by atoms with Gasteiger partial charge in [0.25, 0.3) is 0 Å². The molecule has 0 amide bonds. The molecule has 2 N–H and O–H groups in total. The molecule has 2 aromatic rings. The van der Waals surface area contributed by atoms with Crippen LogP contribution in [0.1, 0.15) is 110 Å². The van der Waals surface area contributed by atoms with Crippen molar-refractivity contribution in [2.45, 2.75) is 107 Å². The van der Waals surface area contributed by atoms with Gasteiger partial charge in [-0.05, 0) is 61.6 Å². The third-order valence-corrected chi connectivity index (χ3v) is 7.27. The maximum Gasteiger partial charge on any atom is 0.123 e. The van der Waals surface area contributed by atoms with Gasteiger partial charge in [-0.15, -0.1) is 11.3 Å². The van der Waals surface area contributed by atoms with Crippen molar-refractivity contribution in [1.29, 1.82) is 5.26 Å². The maximum absolute atomic E-state index is 9.59. The molecule has 1 aromatic carbocycles. The van der Waals surface area contributed by atoms with E-state index in [1.807, 2.05) is 59.0 Å². The van der Waals surface area contributed by atoms with Crippen molar-refractivity contribution >= 4 is 16.9 Å². The first kappa shape index (κ1) is 36.9. The molecule has 1 aromatic heterocycles. The lowest BCUT2D eigenvalue weighted by atomic mass is 10.0. The second kappa shape index (κ2) is 19.9. The highest BCUT2D eigenvalue weighted by molar-refractivity contribution is 7.16. The summed E-state index contributed by atoms with van der Waals surface area (Å²) in [6.45, 7) is 22.7. The number of benzene rings is 1. The van der Waals surface area contributed by atoms with Crippen molar-refractivity contribution in [3.05, 3.63) is 82.4 Å². The number of nitriles is 1. The van der Waals surface area contributed by atoms with Crippen LogP contribution in [0.15, 0.2) is 66.2 Å². The molecule has 2 atom stereocenters. The van der Waals surface area contributed by atoms with Gasteiger partial charge in [0.2, 0.25) is 0 Å². The van der Waals surface area contributed by atoms with Gasteiger partial charge >= 0.3 is 0 Å². The number of nitrogens with one attached hydrogen (secondary N) is 1. The van der Waals surface area contributed by atoms with E-state index in [1.165, 1.54) is 29.5 Å². The lowest BCUT2D eigenvalue weighted by Gasteiger charge is -2.21. The molecule has 0 bridgehead atoms. The minimum absolute atomic E-state index is 0.0241. The molecule has 0 saturated heterocycles. The molecule has 0 spiro atoms. The Balaban J connectivity index is 0.000000998. The summed E-state index contributed by atoms with van der Waals surface area (Å²) in [4.78, 5) is 5.83. The minimum Gasteiger partial charge on any atom is -0.495 e. The number of allylic oxidation sites excluding steroid dienone is 5. The fourth-order valence-corrected chi connectivity index (χ4v) is 5.31. The Morgan fingerprint density at radius 3 is 2.43 bits per heavy atom. The average molecular weight is 592 g/mol. The van der Waals surface area contributed by atoms with E-state index in [4.69, 9.17) is 9.72 Å². The van der Waals surface area contributed by atoms with Crippen LogP contribution in [-0.2, 0) is 11.2 Å². The van der Waals surface area contributed by atoms with Gasteiger partial charge in [0.15, 0.2) is 0 Å². The summed E-state index contributed by atoms with van der Waals surface area (Å²) in [6.07, 6.45) is 12.8. The van der Waals surface area contributed by atoms with Gasteiger partial charge in [0, 0.05) is 35.4 Å². The third-order valence-electron chi connectivity index (χ3n) is 6.19. The Morgan fingerprint density at radius 1 is 1.17 bits per heavy atom. The first-order valence-electron chi connectivity index (χ1n) is 15.5. The van der Waals surface area contributed by atoms with Gasteiger partial charge in [-0.25, -0.2) is 4.98 Å². The van der Waals surface area contributed by atoms with Gasteiger partial charge in [-0.1, -0.05) is 86.1 Å². The number of aliphatic hydroxyl groups excluding tert-OH is 1. The second-order valence-corrected chi connectivity index (χ2v) is 11.6. The van der Waals surface area contributed by atoms with Gasteiger partial charge < -0.3 is 15.2 Å². The van der Waals surface area contributed by atoms with Crippen LogP contribution in [0.3, 0.4) is 0 Å². The smallest absolute Gasteiger partial charge is 0.123 e. The summed E-state index contributed by atoms with van der Waals surface area (Å²) in [7, 11) is 0. The molecule has 0 fully saturated rings. The standard InChI is InChI=1S/C28H31N3O2S.2C3H8.C2H6/c1-17(2)33-22-9-8-21(12-20(13-22)14-29)28-30-15-27(34-28)25-7-5-6-24-23(25)10-11-26(24)31-19(4)18(3)16-32;2*1-3-2;1-2/h5-9,12,15,17-18,26,31-32H,4,10-11,13,16H2,1-3H3;2*3H2,1-2H3;1-2H3/t18?,26-;;;/m1.../s1. The van der Waals surface area contributed by atoms with Gasteiger partial charge in [0.05, 0.1) is 29.7 Å². The highest BCUT2D eigenvalue weighted by Gasteiger charge is 2.26. The van der Waals surface area contributed by atoms with Gasteiger partial charge in [0.1, 0.15) is 10.8 Å². The van der Waals surface area contributed by atoms with Crippen LogP contribution in [0.5, 0.6) is 0 Å². The topological polar surface area (TPSA) is 78.2 Å². The number of ether oxygens (including phenoxy) is 1. The fourth-order valence-electron chi connectivity index (χ4n) is 4.35. The zero-order valence-electron chi connectivity index (χ0n) is 27.4. The first-order valence-corrected chi connectivity index (χ1v) is 16.4. The van der Waals surface area contributed by atoms with Crippen LogP contribution < -0.4 is 5.32 Å². The maximum atomic E-state index is 9.59. The molecular weight excluding hydrogens is 538 g/mol. The molecule has 2 aliphatic rings. The van der Waals surface area contributed by atoms with E-state index in [1.54, 1.807) is 11.3 Å². The summed E-state index contributed by atoms with van der Waals surface area (Å²) in [6, 6.07) is 8.95. The summed E-state index contributed by atoms with van der Waals surface area (Å²) in [5.41, 5.74) is 6.31. The van der Waals surface area contributed by atoms with Crippen molar-refractivity contribution in [2.24, 2.45) is 5.92 Å². The highest BCUT2D eigenvalue weighted by Crippen LogP contribution is 2.41. The second-order valence-electron chi connectivity index (χ2n) is 10.5. The van der Waals surface area contributed by atoms with Crippen molar-refractivity contribution in [1.82, 2.24) is 10.3 Å². The molecule has 230 valence electrons. The Kier molecular flexibility index (Phi) is 17.5. The summed E-state index contributed by atoms with van der Waals surface area (Å²) in [5, 5.41) is 23.4. The van der Waals surface area contributed by atoms with Crippen LogP contribution in [0.2, 0.25) is 0 Å². The van der Waals surface area contributed by atoms with Crippen molar-refractivity contribution in [3.63, 3.8) is 0 Å². The number of aromatic nitrogens is 1. The van der Waals surface area contributed by atoms with E-state index < -0.39 is 0 Å². The molecule has 1 heterocycles. The van der Waals surface area contributed by atoms with Crippen LogP contribution in [-0.4, -0.2) is 22.8 Å². The molecule has 1 unspecified atom stereocenters. The molecule has 5 nitrogen and oxygen atoms in total. The molecule has 2 aliphatic carbocycles. The largest absolute Gasteiger partial charge is 0.495 e. The van der Waals surface area contributed by atoms with E-state index >= 15 is 0 Å². The number of rotatable bonds is 8. The lowest BCUT2D eigenvalue weighted by molar-refractivity contribution is 0.143. The quantitative estimate of drug-likeness (QED) is 0.319. The third kappa shape index (κ3) is 10.9. The predicted molar refractivity (Wildman–Crippen MR) is 181 cm³/mol. The lowest BCUT2D eigenvalue weighted by Crippen LogP contribution is -2.23. The minimum atomic E-state index is 0.0241. The first-order chi connectivity index (χ1) is 20.2. The Morgan fingerprint density at radius 2 is 1.83 bits per heavy atom. The Labute approximate surface area is 259 Å². The summed E-state index contributed by atoms with van der Waals surface area (Å²) in [5.74, 6) is 0.821. The molecule has 0 aliphatic heterocycles. The van der Waals surface area contributed by atoms with Gasteiger partial charge in [-0.3, -0.25) is 0 Å². The number of fused-ring (bicyclic) bond motifs is 1. The number of hydrogen-bond acceptors (Lipinski definition) is 6. The average Bonchev–Trinajstić information content (AvgIpc) is 3.58. The fraction of sp³-hybridized carbons (Fsp3) is 0.500. The van der Waals surface area contributed by atoms with E-state index in [0.29, 0.717) is 12.0 Å². The van der Waals surface area contributed by atoms with E-state index in [2.05, 4.69) is 63.9 Å². The Hall–Kier alpha value is -3.14. The zero-order valence-corrected chi connectivity index (χ0v) is 28.2. The number of thiazole rings is 1. The highest BCUT2D eigenvalue weighted by atomic mass is 32.1. The molecule has 0 radical (unpaired) electrons. The summed E-state index contributed by atoms with van der Waals surface area (Å²) >= 11 is 1.64. The molecular formula is C36H53N3O2S. The number of aliphatic hydroxyl groups is 1.